The van der Waals surface area contributed by atoms with E-state index in [0.29, 0.717) is 17.3 Å². The smallest absolute Gasteiger partial charge is 0.271 e. The number of nitrogens with zero attached hydrogens (tertiary/aromatic N) is 2. The summed E-state index contributed by atoms with van der Waals surface area (Å²) in [7, 11) is 0. The first-order valence-electron chi connectivity index (χ1n) is 7.36. The van der Waals surface area contributed by atoms with Gasteiger partial charge in [0.25, 0.3) is 11.2 Å². The van der Waals surface area contributed by atoms with Crippen molar-refractivity contribution in [2.24, 2.45) is 0 Å². The Kier molecular flexibility index (Phi) is 6.54. The van der Waals surface area contributed by atoms with E-state index in [1.165, 1.54) is 18.2 Å². The normalized spacial score (nSPS) is 10.5. The van der Waals surface area contributed by atoms with Crippen LogP contribution < -0.4 is 10.9 Å². The Morgan fingerprint density at radius 1 is 1.44 bits per heavy atom. The lowest BCUT2D eigenvalue weighted by molar-refractivity contribution is -0.384. The molecular weight excluding hydrogens is 368 g/mol. The van der Waals surface area contributed by atoms with Gasteiger partial charge < -0.3 is 10.3 Å². The highest BCUT2D eigenvalue weighted by Crippen LogP contribution is 2.26. The highest BCUT2D eigenvalue weighted by Gasteiger charge is 2.12. The third-order valence-electron chi connectivity index (χ3n) is 3.06. The minimum atomic E-state index is -0.571. The predicted molar refractivity (Wildman–Crippen MR) is 96.3 cm³/mol. The molecule has 132 valence electrons. The molecule has 2 aromatic rings. The lowest BCUT2D eigenvalue weighted by Gasteiger charge is -2.07. The molecule has 10 heteroatoms. The zero-order chi connectivity index (χ0) is 18.4. The largest absolute Gasteiger partial charge is 0.324 e. The van der Waals surface area contributed by atoms with Crippen LogP contribution in [-0.4, -0.2) is 26.6 Å². The molecule has 1 heterocycles. The minimum Gasteiger partial charge on any atom is -0.324 e. The van der Waals surface area contributed by atoms with Gasteiger partial charge in [-0.2, -0.15) is 0 Å². The van der Waals surface area contributed by atoms with E-state index in [-0.39, 0.29) is 33.6 Å². The Balaban J connectivity index is 1.99. The summed E-state index contributed by atoms with van der Waals surface area (Å²) in [6, 6.07) is 5.22. The summed E-state index contributed by atoms with van der Waals surface area (Å²) in [4.78, 5) is 40.5. The SMILES string of the molecule is CCCc1cc(=O)[nH]c(SCC(=O)Nc2ccc([N+](=O)[O-])cc2Cl)n1. The van der Waals surface area contributed by atoms with Crippen LogP contribution in [-0.2, 0) is 11.2 Å². The van der Waals surface area contributed by atoms with E-state index >= 15 is 0 Å². The fourth-order valence-corrected chi connectivity index (χ4v) is 2.89. The number of halogens is 1. The number of nitro benzene ring substituents is 1. The van der Waals surface area contributed by atoms with Crippen LogP contribution in [0.5, 0.6) is 0 Å². The minimum absolute atomic E-state index is 0.00579. The highest BCUT2D eigenvalue weighted by molar-refractivity contribution is 7.99. The number of aryl methyl sites for hydroxylation is 1. The van der Waals surface area contributed by atoms with Crippen molar-refractivity contribution in [3.63, 3.8) is 0 Å². The van der Waals surface area contributed by atoms with Gasteiger partial charge in [-0.3, -0.25) is 19.7 Å². The van der Waals surface area contributed by atoms with Crippen LogP contribution in [0.4, 0.5) is 11.4 Å². The quantitative estimate of drug-likeness (QED) is 0.329. The second kappa shape index (κ2) is 8.63. The molecule has 1 aromatic heterocycles. The van der Waals surface area contributed by atoms with Crippen molar-refractivity contribution in [3.05, 3.63) is 55.5 Å². The molecule has 2 rings (SSSR count). The van der Waals surface area contributed by atoms with E-state index in [2.05, 4.69) is 15.3 Å². The fourth-order valence-electron chi connectivity index (χ4n) is 1.98. The summed E-state index contributed by atoms with van der Waals surface area (Å²) < 4.78 is 0. The Morgan fingerprint density at radius 2 is 2.20 bits per heavy atom. The van der Waals surface area contributed by atoms with Gasteiger partial charge in [0.2, 0.25) is 5.91 Å². The van der Waals surface area contributed by atoms with Gasteiger partial charge in [-0.15, -0.1) is 0 Å². The van der Waals surface area contributed by atoms with Crippen LogP contribution in [0.25, 0.3) is 0 Å². The molecule has 0 saturated heterocycles. The van der Waals surface area contributed by atoms with Crippen molar-refractivity contribution in [1.82, 2.24) is 9.97 Å². The monoisotopic (exact) mass is 382 g/mol. The van der Waals surface area contributed by atoms with Crippen molar-refractivity contribution < 1.29 is 9.72 Å². The van der Waals surface area contributed by atoms with Crippen LogP contribution in [0.3, 0.4) is 0 Å². The molecule has 0 radical (unpaired) electrons. The Hall–Kier alpha value is -2.39. The van der Waals surface area contributed by atoms with Crippen LogP contribution >= 0.6 is 23.4 Å². The Labute approximate surface area is 152 Å². The van der Waals surface area contributed by atoms with Gasteiger partial charge in [-0.1, -0.05) is 36.7 Å². The van der Waals surface area contributed by atoms with E-state index in [4.69, 9.17) is 11.6 Å². The summed E-state index contributed by atoms with van der Waals surface area (Å²) in [5, 5.41) is 13.7. The Morgan fingerprint density at radius 3 is 2.84 bits per heavy atom. The van der Waals surface area contributed by atoms with Gasteiger partial charge in [0.1, 0.15) is 0 Å². The maximum Gasteiger partial charge on any atom is 0.271 e. The first kappa shape index (κ1) is 18.9. The molecule has 0 fully saturated rings. The third kappa shape index (κ3) is 5.57. The van der Waals surface area contributed by atoms with Crippen molar-refractivity contribution in [3.8, 4) is 0 Å². The lowest BCUT2D eigenvalue weighted by Crippen LogP contribution is -2.16. The molecule has 0 spiro atoms. The molecular formula is C15H15ClN4O4S. The number of benzene rings is 1. The Bertz CT molecular complexity index is 856. The van der Waals surface area contributed by atoms with E-state index < -0.39 is 4.92 Å². The van der Waals surface area contributed by atoms with E-state index in [0.717, 1.165) is 24.2 Å². The zero-order valence-corrected chi connectivity index (χ0v) is 14.8. The van der Waals surface area contributed by atoms with E-state index in [9.17, 15) is 19.7 Å². The summed E-state index contributed by atoms with van der Waals surface area (Å²) in [5.41, 5.74) is 0.526. The average molecular weight is 383 g/mol. The number of nitro groups is 1. The molecule has 0 aliphatic carbocycles. The maximum atomic E-state index is 12.0. The molecule has 8 nitrogen and oxygen atoms in total. The standard InChI is InChI=1S/C15H15ClN4O4S/c1-2-3-9-6-13(21)19-15(17-9)25-8-14(22)18-12-5-4-10(20(23)24)7-11(12)16/h4-7H,2-3,8H2,1H3,(H,18,22)(H,17,19,21). The van der Waals surface area contributed by atoms with Crippen LogP contribution in [0.15, 0.2) is 34.2 Å². The van der Waals surface area contributed by atoms with E-state index in [1.54, 1.807) is 0 Å². The van der Waals surface area contributed by atoms with Gasteiger partial charge >= 0.3 is 0 Å². The van der Waals surface area contributed by atoms with Gasteiger partial charge in [-0.25, -0.2) is 4.98 Å². The van der Waals surface area contributed by atoms with E-state index in [1.807, 2.05) is 6.92 Å². The van der Waals surface area contributed by atoms with Crippen molar-refractivity contribution in [2.45, 2.75) is 24.9 Å². The summed E-state index contributed by atoms with van der Waals surface area (Å²) in [6.45, 7) is 1.98. The number of thioether (sulfide) groups is 1. The number of carbonyl (C=O) groups is 1. The first-order valence-corrected chi connectivity index (χ1v) is 8.72. The van der Waals surface area contributed by atoms with Gasteiger partial charge in [0, 0.05) is 23.9 Å². The van der Waals surface area contributed by atoms with Crippen LogP contribution in [0, 0.1) is 10.1 Å². The fraction of sp³-hybridized carbons (Fsp3) is 0.267. The molecule has 0 aliphatic heterocycles. The van der Waals surface area contributed by atoms with Gasteiger partial charge in [0.15, 0.2) is 5.16 Å². The van der Waals surface area contributed by atoms with Crippen LogP contribution in [0.2, 0.25) is 5.02 Å². The number of aromatic nitrogens is 2. The van der Waals surface area contributed by atoms with Crippen LogP contribution in [0.1, 0.15) is 19.0 Å². The summed E-state index contributed by atoms with van der Waals surface area (Å²) >= 11 is 7.01. The summed E-state index contributed by atoms with van der Waals surface area (Å²) in [6.07, 6.45) is 1.54. The number of anilines is 1. The molecule has 1 amide bonds. The number of carbonyl (C=O) groups excluding carboxylic acids is 1. The van der Waals surface area contributed by atoms with Gasteiger partial charge in [-0.05, 0) is 12.5 Å². The van der Waals surface area contributed by atoms with Crippen molar-refractivity contribution in [1.29, 1.82) is 0 Å². The number of aromatic amines is 1. The number of rotatable bonds is 7. The number of H-pyrrole nitrogens is 1. The molecule has 0 aliphatic rings. The molecule has 1 aromatic carbocycles. The summed E-state index contributed by atoms with van der Waals surface area (Å²) in [5.74, 6) is -0.365. The topological polar surface area (TPSA) is 118 Å². The molecule has 2 N–H and O–H groups in total. The number of hydrogen-bond donors (Lipinski definition) is 2. The molecule has 0 atom stereocenters. The van der Waals surface area contributed by atoms with Gasteiger partial charge in [0.05, 0.1) is 21.4 Å². The molecule has 0 unspecified atom stereocenters. The lowest BCUT2D eigenvalue weighted by atomic mass is 10.2. The second-order valence-electron chi connectivity index (χ2n) is 5.05. The van der Waals surface area contributed by atoms with Crippen molar-refractivity contribution in [2.75, 3.05) is 11.1 Å². The molecule has 0 bridgehead atoms. The zero-order valence-electron chi connectivity index (χ0n) is 13.2. The highest BCUT2D eigenvalue weighted by atomic mass is 35.5. The predicted octanol–water partition coefficient (Wildman–Crippen LogP) is 3.01. The first-order chi connectivity index (χ1) is 11.9. The number of hydrogen-bond acceptors (Lipinski definition) is 6. The maximum absolute atomic E-state index is 12.0. The number of non-ortho nitro benzene ring substituents is 1. The average Bonchev–Trinajstić information content (AvgIpc) is 2.54. The number of amides is 1. The number of nitrogens with one attached hydrogen (secondary N) is 2. The molecule has 25 heavy (non-hydrogen) atoms. The molecule has 0 saturated carbocycles. The second-order valence-corrected chi connectivity index (χ2v) is 6.42. The van der Waals surface area contributed by atoms with Crippen molar-refractivity contribution >= 4 is 40.6 Å². The third-order valence-corrected chi connectivity index (χ3v) is 4.24.